The summed E-state index contributed by atoms with van der Waals surface area (Å²) in [5.41, 5.74) is 1.26. The van der Waals surface area contributed by atoms with Crippen LogP contribution in [0, 0.1) is 11.6 Å². The Balaban J connectivity index is 1.51. The maximum absolute atomic E-state index is 15.1. The molecule has 1 amide bonds. The Morgan fingerprint density at radius 2 is 2.00 bits per heavy atom. The molecule has 196 valence electrons. The first-order valence-electron chi connectivity index (χ1n) is 12.4. The van der Waals surface area contributed by atoms with E-state index in [2.05, 4.69) is 20.6 Å². The van der Waals surface area contributed by atoms with Crippen molar-refractivity contribution in [1.29, 1.82) is 0 Å². The molecule has 3 heterocycles. The van der Waals surface area contributed by atoms with E-state index in [1.807, 2.05) is 25.9 Å². The lowest BCUT2D eigenvalue weighted by molar-refractivity contribution is 0.0751. The van der Waals surface area contributed by atoms with Gasteiger partial charge in [0.2, 0.25) is 0 Å². The zero-order valence-corrected chi connectivity index (χ0v) is 21.3. The zero-order chi connectivity index (χ0) is 26.4. The Labute approximate surface area is 215 Å². The van der Waals surface area contributed by atoms with Crippen molar-refractivity contribution in [2.24, 2.45) is 0 Å². The summed E-state index contributed by atoms with van der Waals surface area (Å²) in [7, 11) is 3.70. The Morgan fingerprint density at radius 3 is 2.73 bits per heavy atom. The third-order valence-electron chi connectivity index (χ3n) is 6.21. The van der Waals surface area contributed by atoms with E-state index in [1.165, 1.54) is 24.4 Å². The van der Waals surface area contributed by atoms with Crippen LogP contribution in [0.1, 0.15) is 41.1 Å². The number of benzene rings is 1. The van der Waals surface area contributed by atoms with Gasteiger partial charge in [0.1, 0.15) is 35.1 Å². The first kappa shape index (κ1) is 26.3. The van der Waals surface area contributed by atoms with Gasteiger partial charge in [-0.15, -0.1) is 0 Å². The molecular formula is C27H32F2N6O2. The van der Waals surface area contributed by atoms with Crippen LogP contribution in [0.2, 0.25) is 0 Å². The van der Waals surface area contributed by atoms with E-state index in [-0.39, 0.29) is 29.7 Å². The molecule has 1 aliphatic rings. The largest absolute Gasteiger partial charge is 0.484 e. The fourth-order valence-corrected chi connectivity index (χ4v) is 4.24. The van der Waals surface area contributed by atoms with Gasteiger partial charge in [-0.25, -0.2) is 13.8 Å². The van der Waals surface area contributed by atoms with E-state index in [0.29, 0.717) is 48.8 Å². The summed E-state index contributed by atoms with van der Waals surface area (Å²) >= 11 is 0. The van der Waals surface area contributed by atoms with Gasteiger partial charge in [0.25, 0.3) is 5.91 Å². The highest BCUT2D eigenvalue weighted by Crippen LogP contribution is 2.28. The molecule has 37 heavy (non-hydrogen) atoms. The van der Waals surface area contributed by atoms with E-state index in [0.717, 1.165) is 6.54 Å². The summed E-state index contributed by atoms with van der Waals surface area (Å²) in [6.45, 7) is 4.29. The van der Waals surface area contributed by atoms with E-state index in [9.17, 15) is 9.18 Å². The molecule has 0 unspecified atom stereocenters. The van der Waals surface area contributed by atoms with E-state index in [1.54, 1.807) is 29.2 Å². The molecule has 1 atom stereocenters. The number of amides is 1. The molecule has 4 rings (SSSR count). The topological polar surface area (TPSA) is 82.6 Å². The standard InChI is InChI=1S/C27H32F2N6O2/c1-4-31-25-9-8-21-26(33-25)34(3)12-13-35(27(21)36)17-23-22(29)15-20(16-32-23)37-24(10-11-30-2)18-6-5-7-19(28)14-18/h5-9,14-16,24,30H,4,10-13,17H2,1-3H3,(H,31,33)/t24-/m0/s1. The molecular weight excluding hydrogens is 478 g/mol. The molecule has 0 fully saturated rings. The smallest absolute Gasteiger partial charge is 0.258 e. The van der Waals surface area contributed by atoms with Gasteiger partial charge in [0, 0.05) is 39.2 Å². The minimum Gasteiger partial charge on any atom is -0.484 e. The Bertz CT molecular complexity index is 1240. The van der Waals surface area contributed by atoms with Crippen LogP contribution in [0.4, 0.5) is 20.4 Å². The van der Waals surface area contributed by atoms with Crippen LogP contribution in [0.15, 0.2) is 48.7 Å². The molecule has 10 heteroatoms. The van der Waals surface area contributed by atoms with E-state index in [4.69, 9.17) is 4.74 Å². The van der Waals surface area contributed by atoms with Crippen molar-refractivity contribution in [3.63, 3.8) is 0 Å². The van der Waals surface area contributed by atoms with Crippen molar-refractivity contribution < 1.29 is 18.3 Å². The molecule has 1 aromatic carbocycles. The number of likely N-dealkylation sites (N-methyl/N-ethyl adjacent to an activating group) is 1. The Hall–Kier alpha value is -3.79. The maximum atomic E-state index is 15.1. The summed E-state index contributed by atoms with van der Waals surface area (Å²) in [6, 6.07) is 11.0. The van der Waals surface area contributed by atoms with E-state index >= 15 is 4.39 Å². The second-order valence-corrected chi connectivity index (χ2v) is 8.90. The Morgan fingerprint density at radius 1 is 1.16 bits per heavy atom. The zero-order valence-electron chi connectivity index (χ0n) is 21.3. The average Bonchev–Trinajstić information content (AvgIpc) is 3.00. The van der Waals surface area contributed by atoms with Crippen LogP contribution in [0.5, 0.6) is 5.75 Å². The van der Waals surface area contributed by atoms with E-state index < -0.39 is 11.9 Å². The second-order valence-electron chi connectivity index (χ2n) is 8.90. The fourth-order valence-electron chi connectivity index (χ4n) is 4.24. The first-order valence-corrected chi connectivity index (χ1v) is 12.4. The number of halogens is 2. The third-order valence-corrected chi connectivity index (χ3v) is 6.21. The van der Waals surface area contributed by atoms with Crippen LogP contribution in [0.25, 0.3) is 0 Å². The monoisotopic (exact) mass is 510 g/mol. The summed E-state index contributed by atoms with van der Waals surface area (Å²) in [5.74, 6) is 0.360. The molecule has 0 saturated heterocycles. The Kier molecular flexibility index (Phi) is 8.50. The lowest BCUT2D eigenvalue weighted by Crippen LogP contribution is -2.33. The predicted molar refractivity (Wildman–Crippen MR) is 139 cm³/mol. The highest BCUT2D eigenvalue weighted by atomic mass is 19.1. The van der Waals surface area contributed by atoms with Crippen LogP contribution in [-0.2, 0) is 6.54 Å². The van der Waals surface area contributed by atoms with Gasteiger partial charge in [-0.2, -0.15) is 0 Å². The average molecular weight is 511 g/mol. The van der Waals surface area contributed by atoms with Crippen molar-refractivity contribution >= 4 is 17.5 Å². The van der Waals surface area contributed by atoms with Crippen molar-refractivity contribution in [3.05, 3.63) is 77.1 Å². The van der Waals surface area contributed by atoms with Gasteiger partial charge in [-0.1, -0.05) is 12.1 Å². The molecule has 0 radical (unpaired) electrons. The van der Waals surface area contributed by atoms with Crippen LogP contribution in [0.3, 0.4) is 0 Å². The predicted octanol–water partition coefficient (Wildman–Crippen LogP) is 4.01. The number of nitrogens with one attached hydrogen (secondary N) is 2. The SMILES string of the molecule is CCNc1ccc2c(n1)N(C)CCN(Cc1ncc(O[C@@H](CCNC)c3cccc(F)c3)cc1F)C2=O. The number of carbonyl (C=O) groups is 1. The number of nitrogens with zero attached hydrogens (tertiary/aromatic N) is 4. The van der Waals surface area contributed by atoms with Crippen molar-refractivity contribution in [2.75, 3.05) is 50.5 Å². The minimum atomic E-state index is -0.574. The highest BCUT2D eigenvalue weighted by Gasteiger charge is 2.27. The lowest BCUT2D eigenvalue weighted by Gasteiger charge is -2.22. The molecule has 2 N–H and O–H groups in total. The first-order chi connectivity index (χ1) is 17.9. The number of fused-ring (bicyclic) bond motifs is 1. The number of rotatable bonds is 10. The molecule has 0 bridgehead atoms. The maximum Gasteiger partial charge on any atom is 0.258 e. The number of pyridine rings is 2. The number of hydrogen-bond donors (Lipinski definition) is 2. The van der Waals surface area contributed by atoms with Gasteiger partial charge >= 0.3 is 0 Å². The van der Waals surface area contributed by atoms with Gasteiger partial charge in [-0.05, 0) is 50.3 Å². The van der Waals surface area contributed by atoms with Crippen molar-refractivity contribution in [1.82, 2.24) is 20.2 Å². The molecule has 8 nitrogen and oxygen atoms in total. The summed E-state index contributed by atoms with van der Waals surface area (Å²) in [6.07, 6.45) is 1.52. The number of aromatic nitrogens is 2. The summed E-state index contributed by atoms with van der Waals surface area (Å²) in [5, 5.41) is 6.21. The number of ether oxygens (including phenoxy) is 1. The second kappa shape index (κ2) is 12.0. The molecule has 3 aromatic rings. The quantitative estimate of drug-likeness (QED) is 0.427. The fraction of sp³-hybridized carbons (Fsp3) is 0.370. The number of anilines is 2. The van der Waals surface area contributed by atoms with Crippen LogP contribution in [-0.4, -0.2) is 61.0 Å². The lowest BCUT2D eigenvalue weighted by atomic mass is 10.1. The summed E-state index contributed by atoms with van der Waals surface area (Å²) in [4.78, 5) is 25.6. The van der Waals surface area contributed by atoms with Gasteiger partial charge in [-0.3, -0.25) is 9.78 Å². The number of carbonyl (C=O) groups excluding carboxylic acids is 1. The molecule has 1 aliphatic heterocycles. The number of hydrogen-bond acceptors (Lipinski definition) is 7. The highest BCUT2D eigenvalue weighted by molar-refractivity contribution is 5.99. The molecule has 2 aromatic heterocycles. The van der Waals surface area contributed by atoms with Gasteiger partial charge < -0.3 is 25.2 Å². The third kappa shape index (κ3) is 6.32. The minimum absolute atomic E-state index is 0.0142. The molecule has 0 spiro atoms. The van der Waals surface area contributed by atoms with Gasteiger partial charge in [0.05, 0.1) is 24.0 Å². The molecule has 0 aliphatic carbocycles. The van der Waals surface area contributed by atoms with Gasteiger partial charge in [0.15, 0.2) is 0 Å². The normalized spacial score (nSPS) is 14.2. The molecule has 0 saturated carbocycles. The van der Waals surface area contributed by atoms with Crippen molar-refractivity contribution in [2.45, 2.75) is 26.0 Å². The van der Waals surface area contributed by atoms with Crippen LogP contribution < -0.4 is 20.3 Å². The van der Waals surface area contributed by atoms with Crippen molar-refractivity contribution in [3.8, 4) is 5.75 Å². The summed E-state index contributed by atoms with van der Waals surface area (Å²) < 4.78 is 34.9. The van der Waals surface area contributed by atoms with Crippen LogP contribution >= 0.6 is 0 Å².